The molecule has 0 bridgehead atoms. The number of fused-ring (bicyclic) bond motifs is 1. The van der Waals surface area contributed by atoms with Crippen molar-refractivity contribution in [2.75, 3.05) is 5.43 Å². The number of carboxylic acids is 1. The van der Waals surface area contributed by atoms with Crippen molar-refractivity contribution < 1.29 is 9.90 Å². The summed E-state index contributed by atoms with van der Waals surface area (Å²) in [6.45, 7) is 1.65. The van der Waals surface area contributed by atoms with E-state index in [0.717, 1.165) is 4.57 Å². The van der Waals surface area contributed by atoms with Gasteiger partial charge in [0, 0.05) is 14.1 Å². The lowest BCUT2D eigenvalue weighted by atomic mass is 10.3. The van der Waals surface area contributed by atoms with Crippen LogP contribution < -0.4 is 16.7 Å². The Morgan fingerprint density at radius 1 is 1.38 bits per heavy atom. The maximum Gasteiger partial charge on any atom is 0.352 e. The SMILES string of the molecule is CC/C(=N/Nc1nc2c([nH]1)c(=O)n(C)c(=O)n2C)C(=O)O. The number of anilines is 1. The first kappa shape index (κ1) is 14.5. The highest BCUT2D eigenvalue weighted by molar-refractivity contribution is 6.35. The number of hydrogen-bond donors (Lipinski definition) is 3. The summed E-state index contributed by atoms with van der Waals surface area (Å²) in [5.74, 6) is -1.07. The molecule has 0 spiro atoms. The van der Waals surface area contributed by atoms with Crippen LogP contribution in [-0.2, 0) is 18.9 Å². The maximum absolute atomic E-state index is 11.9. The molecule has 3 N–H and O–H groups in total. The quantitative estimate of drug-likeness (QED) is 0.500. The molecule has 0 saturated heterocycles. The summed E-state index contributed by atoms with van der Waals surface area (Å²) in [6, 6.07) is 0. The zero-order valence-electron chi connectivity index (χ0n) is 11.7. The van der Waals surface area contributed by atoms with Gasteiger partial charge in [-0.05, 0) is 6.42 Å². The van der Waals surface area contributed by atoms with Crippen molar-refractivity contribution in [3.8, 4) is 0 Å². The lowest BCUT2D eigenvalue weighted by Crippen LogP contribution is -2.36. The Labute approximate surface area is 117 Å². The number of aromatic nitrogens is 4. The third-order valence-corrected chi connectivity index (χ3v) is 2.97. The molecule has 0 amide bonds. The first-order chi connectivity index (χ1) is 9.86. The van der Waals surface area contributed by atoms with Gasteiger partial charge in [0.15, 0.2) is 11.2 Å². The minimum atomic E-state index is -1.15. The highest BCUT2D eigenvalue weighted by Crippen LogP contribution is 2.08. The molecule has 0 aliphatic heterocycles. The van der Waals surface area contributed by atoms with Crippen LogP contribution in [0.4, 0.5) is 5.95 Å². The van der Waals surface area contributed by atoms with Crippen LogP contribution in [0.3, 0.4) is 0 Å². The van der Waals surface area contributed by atoms with E-state index in [1.165, 1.54) is 18.7 Å². The monoisotopic (exact) mass is 294 g/mol. The molecular formula is C11H14N6O4. The van der Waals surface area contributed by atoms with Gasteiger partial charge in [0.25, 0.3) is 5.56 Å². The van der Waals surface area contributed by atoms with E-state index in [4.69, 9.17) is 5.11 Å². The standard InChI is InChI=1S/C11H14N6O4/c1-4-5(9(19)20)14-15-10-12-6-7(13-10)16(2)11(21)17(3)8(6)18/h4H2,1-3H3,(H,19,20)(H2,12,13,15)/b14-5-. The molecular weight excluding hydrogens is 280 g/mol. The summed E-state index contributed by atoms with van der Waals surface area (Å²) >= 11 is 0. The topological polar surface area (TPSA) is 134 Å². The van der Waals surface area contributed by atoms with Crippen molar-refractivity contribution in [2.24, 2.45) is 19.2 Å². The first-order valence-corrected chi connectivity index (χ1v) is 6.08. The van der Waals surface area contributed by atoms with Crippen LogP contribution in [0.2, 0.25) is 0 Å². The molecule has 0 fully saturated rings. The lowest BCUT2D eigenvalue weighted by molar-refractivity contribution is -0.129. The van der Waals surface area contributed by atoms with Crippen molar-refractivity contribution in [3.63, 3.8) is 0 Å². The van der Waals surface area contributed by atoms with E-state index in [1.807, 2.05) is 0 Å². The molecule has 0 radical (unpaired) electrons. The predicted octanol–water partition coefficient (Wildman–Crippen LogP) is -0.777. The number of hydrogen-bond acceptors (Lipinski definition) is 6. The molecule has 2 heterocycles. The number of rotatable bonds is 4. The minimum absolute atomic E-state index is 0.0792. The summed E-state index contributed by atoms with van der Waals surface area (Å²) in [5, 5.41) is 12.5. The van der Waals surface area contributed by atoms with Gasteiger partial charge in [0.1, 0.15) is 5.71 Å². The number of aryl methyl sites for hydroxylation is 1. The predicted molar refractivity (Wildman–Crippen MR) is 75.6 cm³/mol. The van der Waals surface area contributed by atoms with Gasteiger partial charge in [0.2, 0.25) is 5.95 Å². The summed E-state index contributed by atoms with van der Waals surface area (Å²) < 4.78 is 2.16. The lowest BCUT2D eigenvalue weighted by Gasteiger charge is -2.00. The fourth-order valence-electron chi connectivity index (χ4n) is 1.78. The van der Waals surface area contributed by atoms with Crippen LogP contribution in [-0.4, -0.2) is 35.9 Å². The molecule has 10 nitrogen and oxygen atoms in total. The van der Waals surface area contributed by atoms with E-state index < -0.39 is 17.2 Å². The van der Waals surface area contributed by atoms with Crippen molar-refractivity contribution in [3.05, 3.63) is 20.8 Å². The van der Waals surface area contributed by atoms with Gasteiger partial charge >= 0.3 is 11.7 Å². The van der Waals surface area contributed by atoms with Crippen LogP contribution >= 0.6 is 0 Å². The van der Waals surface area contributed by atoms with Crippen LogP contribution in [0.5, 0.6) is 0 Å². The van der Waals surface area contributed by atoms with Crippen molar-refractivity contribution >= 4 is 28.8 Å². The number of carbonyl (C=O) groups is 1. The third-order valence-electron chi connectivity index (χ3n) is 2.97. The van der Waals surface area contributed by atoms with Crippen LogP contribution in [0.1, 0.15) is 13.3 Å². The smallest absolute Gasteiger partial charge is 0.352 e. The van der Waals surface area contributed by atoms with Crippen LogP contribution in [0.15, 0.2) is 14.7 Å². The van der Waals surface area contributed by atoms with E-state index in [2.05, 4.69) is 20.5 Å². The van der Waals surface area contributed by atoms with Gasteiger partial charge in [0.05, 0.1) is 0 Å². The fraction of sp³-hybridized carbons (Fsp3) is 0.364. The molecule has 0 unspecified atom stereocenters. The normalized spacial score (nSPS) is 11.9. The molecule has 21 heavy (non-hydrogen) atoms. The second-order valence-corrected chi connectivity index (χ2v) is 4.32. The Kier molecular flexibility index (Phi) is 3.61. The molecule has 2 aromatic heterocycles. The molecule has 10 heteroatoms. The summed E-state index contributed by atoms with van der Waals surface area (Å²) in [7, 11) is 2.84. The zero-order chi connectivity index (χ0) is 15.7. The van der Waals surface area contributed by atoms with E-state index in [0.29, 0.717) is 0 Å². The second kappa shape index (κ2) is 5.23. The molecule has 2 rings (SSSR count). The van der Waals surface area contributed by atoms with Gasteiger partial charge in [-0.15, -0.1) is 0 Å². The largest absolute Gasteiger partial charge is 0.477 e. The Bertz CT molecular complexity index is 856. The molecule has 0 aromatic carbocycles. The maximum atomic E-state index is 11.9. The van der Waals surface area contributed by atoms with Gasteiger partial charge in [-0.1, -0.05) is 6.92 Å². The summed E-state index contributed by atoms with van der Waals surface area (Å²) in [5.41, 5.74) is 1.61. The van der Waals surface area contributed by atoms with Crippen molar-refractivity contribution in [2.45, 2.75) is 13.3 Å². The summed E-state index contributed by atoms with van der Waals surface area (Å²) in [4.78, 5) is 41.2. The number of nitrogens with zero attached hydrogens (tertiary/aromatic N) is 4. The van der Waals surface area contributed by atoms with Crippen molar-refractivity contribution in [1.82, 2.24) is 19.1 Å². The zero-order valence-corrected chi connectivity index (χ0v) is 11.7. The molecule has 2 aromatic rings. The van der Waals surface area contributed by atoms with Crippen LogP contribution in [0, 0.1) is 0 Å². The van der Waals surface area contributed by atoms with E-state index in [-0.39, 0.29) is 29.2 Å². The minimum Gasteiger partial charge on any atom is -0.477 e. The van der Waals surface area contributed by atoms with Crippen LogP contribution in [0.25, 0.3) is 11.2 Å². The number of aromatic amines is 1. The fourth-order valence-corrected chi connectivity index (χ4v) is 1.78. The molecule has 0 aliphatic rings. The van der Waals surface area contributed by atoms with Gasteiger partial charge in [-0.2, -0.15) is 10.1 Å². The van der Waals surface area contributed by atoms with Gasteiger partial charge in [-0.25, -0.2) is 15.0 Å². The molecule has 0 saturated carbocycles. The first-order valence-electron chi connectivity index (χ1n) is 6.08. The molecule has 0 atom stereocenters. The van der Waals surface area contributed by atoms with Gasteiger partial charge < -0.3 is 10.1 Å². The van der Waals surface area contributed by atoms with E-state index >= 15 is 0 Å². The number of H-pyrrole nitrogens is 1. The Morgan fingerprint density at radius 3 is 2.62 bits per heavy atom. The highest BCUT2D eigenvalue weighted by Gasteiger charge is 2.13. The molecule has 112 valence electrons. The Hall–Kier alpha value is -2.91. The Morgan fingerprint density at radius 2 is 2.05 bits per heavy atom. The highest BCUT2D eigenvalue weighted by atomic mass is 16.4. The Balaban J connectivity index is 2.52. The van der Waals surface area contributed by atoms with E-state index in [9.17, 15) is 14.4 Å². The number of imidazole rings is 1. The third kappa shape index (κ3) is 2.42. The number of carboxylic acid groups (broad SMARTS) is 1. The van der Waals surface area contributed by atoms with E-state index in [1.54, 1.807) is 6.92 Å². The number of nitrogens with one attached hydrogen (secondary N) is 2. The van der Waals surface area contributed by atoms with Crippen molar-refractivity contribution in [1.29, 1.82) is 0 Å². The van der Waals surface area contributed by atoms with Gasteiger partial charge in [-0.3, -0.25) is 13.9 Å². The average Bonchev–Trinajstić information content (AvgIpc) is 2.87. The average molecular weight is 294 g/mol. The number of hydrazone groups is 1. The molecule has 0 aliphatic carbocycles. The second-order valence-electron chi connectivity index (χ2n) is 4.32. The number of aliphatic carboxylic acids is 1. The summed E-state index contributed by atoms with van der Waals surface area (Å²) in [6.07, 6.45) is 0.225.